The molecule has 0 spiro atoms. The lowest BCUT2D eigenvalue weighted by Gasteiger charge is -2.04. The molecule has 0 saturated carbocycles. The van der Waals surface area contributed by atoms with Crippen LogP contribution in [-0.2, 0) is 0 Å². The van der Waals surface area contributed by atoms with E-state index in [9.17, 15) is 0 Å². The van der Waals surface area contributed by atoms with Gasteiger partial charge in [0, 0.05) is 10.7 Å². The normalized spacial score (nSPS) is 12.5. The molecule has 2 rings (SSSR count). The van der Waals surface area contributed by atoms with Crippen LogP contribution in [0.25, 0.3) is 0 Å². The van der Waals surface area contributed by atoms with Gasteiger partial charge in [0.2, 0.25) is 0 Å². The second-order valence-corrected chi connectivity index (χ2v) is 6.21. The van der Waals surface area contributed by atoms with Gasteiger partial charge < -0.3 is 0 Å². The fourth-order valence-electron chi connectivity index (χ4n) is 1.94. The predicted octanol–water partition coefficient (Wildman–Crippen LogP) is 5.29. The van der Waals surface area contributed by atoms with E-state index in [4.69, 9.17) is 0 Å². The summed E-state index contributed by atoms with van der Waals surface area (Å²) < 4.78 is 0. The Morgan fingerprint density at radius 1 is 0.682 bits per heavy atom. The van der Waals surface area contributed by atoms with E-state index in [-0.39, 0.29) is 0 Å². The van der Waals surface area contributed by atoms with Crippen LogP contribution in [0.15, 0.2) is 58.7 Å². The Bertz CT molecular complexity index is 610. The van der Waals surface area contributed by atoms with E-state index < -0.39 is 0 Å². The van der Waals surface area contributed by atoms with Gasteiger partial charge in [-0.25, -0.2) is 0 Å². The highest BCUT2D eigenvalue weighted by Crippen LogP contribution is 2.10. The van der Waals surface area contributed by atoms with Crippen LogP contribution in [0.2, 0.25) is 0 Å². The van der Waals surface area contributed by atoms with Crippen LogP contribution in [0.4, 0.5) is 0 Å². The third kappa shape index (κ3) is 4.62. The van der Waals surface area contributed by atoms with Gasteiger partial charge in [0.1, 0.15) is 0 Å². The molecule has 0 bridgehead atoms. The van der Waals surface area contributed by atoms with Crippen molar-refractivity contribution >= 4 is 43.3 Å². The van der Waals surface area contributed by atoms with Crippen LogP contribution in [0.5, 0.6) is 0 Å². The van der Waals surface area contributed by atoms with Crippen molar-refractivity contribution in [2.45, 2.75) is 13.8 Å². The van der Waals surface area contributed by atoms with Crippen molar-refractivity contribution in [2.75, 3.05) is 10.7 Å². The van der Waals surface area contributed by atoms with Crippen LogP contribution >= 0.6 is 31.9 Å². The van der Waals surface area contributed by atoms with Gasteiger partial charge in [0.15, 0.2) is 0 Å². The number of aryl methyl sites for hydroxylation is 2. The fraction of sp³-hybridized carbons (Fsp3) is 0.222. The Balaban J connectivity index is 2.31. The molecule has 2 aromatic rings. The predicted molar refractivity (Wildman–Crippen MR) is 103 cm³/mol. The van der Waals surface area contributed by atoms with E-state index in [2.05, 4.69) is 104 Å². The summed E-state index contributed by atoms with van der Waals surface area (Å²) in [7, 11) is 0. The molecule has 0 unspecified atom stereocenters. The monoisotopic (exact) mass is 420 g/mol. The summed E-state index contributed by atoms with van der Waals surface area (Å²) in [5.41, 5.74) is 6.49. The molecule has 0 aliphatic heterocycles. The summed E-state index contributed by atoms with van der Waals surface area (Å²) in [6, 6.07) is 16.6. The third-order valence-corrected chi connectivity index (χ3v) is 4.38. The van der Waals surface area contributed by atoms with Crippen molar-refractivity contribution in [2.24, 2.45) is 10.2 Å². The largest absolute Gasteiger partial charge is 0.154 e. The molecule has 0 aliphatic carbocycles. The lowest BCUT2D eigenvalue weighted by molar-refractivity contribution is 1.22. The first-order valence-electron chi connectivity index (χ1n) is 7.03. The second kappa shape index (κ2) is 8.39. The zero-order valence-corrected chi connectivity index (χ0v) is 15.9. The summed E-state index contributed by atoms with van der Waals surface area (Å²) >= 11 is 6.99. The van der Waals surface area contributed by atoms with Crippen molar-refractivity contribution in [1.82, 2.24) is 0 Å². The summed E-state index contributed by atoms with van der Waals surface area (Å²) in [5, 5.41) is 10.2. The van der Waals surface area contributed by atoms with E-state index in [0.29, 0.717) is 10.7 Å². The van der Waals surface area contributed by atoms with Gasteiger partial charge in [-0.15, -0.1) is 0 Å². The van der Waals surface area contributed by atoms with Gasteiger partial charge in [-0.3, -0.25) is 0 Å². The van der Waals surface area contributed by atoms with E-state index in [1.807, 2.05) is 0 Å². The molecule has 0 atom stereocenters. The van der Waals surface area contributed by atoms with Gasteiger partial charge in [-0.2, -0.15) is 10.2 Å². The standard InChI is InChI=1S/C18H18Br2N2/c1-13-3-7-15(8-4-13)17(11-19)21-22-18(12-20)16-9-5-14(2)6-10-16/h3-10H,11-12H2,1-2H3. The highest BCUT2D eigenvalue weighted by Gasteiger charge is 2.04. The first kappa shape index (κ1) is 17.1. The Labute approximate surface area is 148 Å². The Morgan fingerprint density at radius 3 is 1.27 bits per heavy atom. The lowest BCUT2D eigenvalue weighted by atomic mass is 10.1. The van der Waals surface area contributed by atoms with Crippen LogP contribution in [0, 0.1) is 13.8 Å². The van der Waals surface area contributed by atoms with Gasteiger partial charge in [-0.05, 0) is 25.0 Å². The van der Waals surface area contributed by atoms with Crippen molar-refractivity contribution in [1.29, 1.82) is 0 Å². The third-order valence-electron chi connectivity index (χ3n) is 3.31. The van der Waals surface area contributed by atoms with Crippen LogP contribution < -0.4 is 0 Å². The first-order valence-corrected chi connectivity index (χ1v) is 9.27. The quantitative estimate of drug-likeness (QED) is 0.356. The molecule has 0 fully saturated rings. The highest BCUT2D eigenvalue weighted by molar-refractivity contribution is 9.09. The summed E-state index contributed by atoms with van der Waals surface area (Å²) in [6.45, 7) is 4.15. The zero-order valence-electron chi connectivity index (χ0n) is 12.7. The minimum Gasteiger partial charge on any atom is -0.154 e. The molecule has 0 saturated heterocycles. The lowest BCUT2D eigenvalue weighted by Crippen LogP contribution is -2.05. The molecule has 2 aromatic carbocycles. The van der Waals surface area contributed by atoms with E-state index in [1.165, 1.54) is 11.1 Å². The molecule has 0 heterocycles. The molecule has 0 aromatic heterocycles. The zero-order chi connectivity index (χ0) is 15.9. The second-order valence-electron chi connectivity index (χ2n) is 5.09. The van der Waals surface area contributed by atoms with Gasteiger partial charge in [0.25, 0.3) is 0 Å². The molecule has 0 N–H and O–H groups in total. The van der Waals surface area contributed by atoms with Gasteiger partial charge in [-0.1, -0.05) is 91.5 Å². The maximum absolute atomic E-state index is 4.44. The fourth-order valence-corrected chi connectivity index (χ4v) is 2.81. The first-order chi connectivity index (χ1) is 10.6. The van der Waals surface area contributed by atoms with Crippen molar-refractivity contribution in [3.63, 3.8) is 0 Å². The average molecular weight is 422 g/mol. The van der Waals surface area contributed by atoms with Crippen molar-refractivity contribution in [3.05, 3.63) is 70.8 Å². The average Bonchev–Trinajstić information content (AvgIpc) is 2.54. The number of alkyl halides is 2. The van der Waals surface area contributed by atoms with Crippen LogP contribution in [0.1, 0.15) is 22.3 Å². The molecule has 0 amide bonds. The molecular weight excluding hydrogens is 404 g/mol. The molecule has 22 heavy (non-hydrogen) atoms. The molecule has 0 aliphatic rings. The van der Waals surface area contributed by atoms with E-state index in [0.717, 1.165) is 22.6 Å². The Morgan fingerprint density at radius 2 is 1.00 bits per heavy atom. The topological polar surface area (TPSA) is 24.7 Å². The molecule has 114 valence electrons. The summed E-state index contributed by atoms with van der Waals surface area (Å²) in [6.07, 6.45) is 0. The summed E-state index contributed by atoms with van der Waals surface area (Å²) in [5.74, 6) is 0. The smallest absolute Gasteiger partial charge is 0.0808 e. The Hall–Kier alpha value is -1.26. The number of hydrogen-bond donors (Lipinski definition) is 0. The Kier molecular flexibility index (Phi) is 6.52. The molecule has 4 heteroatoms. The molecule has 2 nitrogen and oxygen atoms in total. The number of hydrogen-bond acceptors (Lipinski definition) is 2. The van der Waals surface area contributed by atoms with E-state index in [1.54, 1.807) is 0 Å². The highest BCUT2D eigenvalue weighted by atomic mass is 79.9. The minimum absolute atomic E-state index is 0.670. The maximum Gasteiger partial charge on any atom is 0.0808 e. The van der Waals surface area contributed by atoms with Crippen LogP contribution in [-0.4, -0.2) is 22.1 Å². The SMILES string of the molecule is Cc1ccc(C(CBr)=NN=C(CBr)c2ccc(C)cc2)cc1. The minimum atomic E-state index is 0.670. The van der Waals surface area contributed by atoms with Gasteiger partial charge >= 0.3 is 0 Å². The number of rotatable bonds is 5. The molecule has 0 radical (unpaired) electrons. The van der Waals surface area contributed by atoms with Gasteiger partial charge in [0.05, 0.1) is 11.4 Å². The number of halogens is 2. The number of nitrogens with zero attached hydrogens (tertiary/aromatic N) is 2. The van der Waals surface area contributed by atoms with Crippen LogP contribution in [0.3, 0.4) is 0 Å². The van der Waals surface area contributed by atoms with E-state index >= 15 is 0 Å². The van der Waals surface area contributed by atoms with Crippen molar-refractivity contribution < 1.29 is 0 Å². The van der Waals surface area contributed by atoms with Crippen molar-refractivity contribution in [3.8, 4) is 0 Å². The summed E-state index contributed by atoms with van der Waals surface area (Å²) in [4.78, 5) is 0. The number of benzene rings is 2. The maximum atomic E-state index is 4.44. The molecular formula is C18H18Br2N2.